The van der Waals surface area contributed by atoms with E-state index in [0.717, 1.165) is 31.2 Å². The van der Waals surface area contributed by atoms with Crippen molar-refractivity contribution in [3.8, 4) is 5.75 Å². The molecule has 0 amide bonds. The molecule has 1 atom stereocenters. The predicted octanol–water partition coefficient (Wildman–Crippen LogP) is 2.43. The van der Waals surface area contributed by atoms with Crippen LogP contribution < -0.4 is 15.0 Å². The van der Waals surface area contributed by atoms with E-state index in [4.69, 9.17) is 4.74 Å². The van der Waals surface area contributed by atoms with Crippen molar-refractivity contribution in [3.05, 3.63) is 30.5 Å². The van der Waals surface area contributed by atoms with Crippen LogP contribution in [0.1, 0.15) is 13.3 Å². The van der Waals surface area contributed by atoms with Crippen LogP contribution in [-0.2, 0) is 0 Å². The second-order valence-electron chi connectivity index (χ2n) is 5.15. The second-order valence-corrected chi connectivity index (χ2v) is 5.15. The molecular formula is C16H21N3O. The summed E-state index contributed by atoms with van der Waals surface area (Å²) >= 11 is 0. The van der Waals surface area contributed by atoms with Crippen LogP contribution in [0.25, 0.3) is 10.8 Å². The molecule has 1 saturated heterocycles. The summed E-state index contributed by atoms with van der Waals surface area (Å²) in [6, 6.07) is 8.78. The van der Waals surface area contributed by atoms with Crippen LogP contribution in [0.2, 0.25) is 0 Å². The van der Waals surface area contributed by atoms with Crippen molar-refractivity contribution in [2.24, 2.45) is 0 Å². The van der Waals surface area contributed by atoms with Gasteiger partial charge in [0.05, 0.1) is 7.11 Å². The number of nitrogens with one attached hydrogen (secondary N) is 1. The van der Waals surface area contributed by atoms with Crippen molar-refractivity contribution in [1.82, 2.24) is 10.3 Å². The molecule has 2 heterocycles. The van der Waals surface area contributed by atoms with E-state index in [1.807, 2.05) is 18.3 Å². The van der Waals surface area contributed by atoms with Gasteiger partial charge in [-0.05, 0) is 49.5 Å². The zero-order valence-electron chi connectivity index (χ0n) is 12.1. The van der Waals surface area contributed by atoms with E-state index in [9.17, 15) is 0 Å². The van der Waals surface area contributed by atoms with Gasteiger partial charge in [-0.3, -0.25) is 0 Å². The summed E-state index contributed by atoms with van der Waals surface area (Å²) in [5.74, 6) is 1.97. The number of rotatable bonds is 4. The Morgan fingerprint density at radius 2 is 2.30 bits per heavy atom. The molecule has 0 spiro atoms. The van der Waals surface area contributed by atoms with Crippen molar-refractivity contribution in [1.29, 1.82) is 0 Å². The molecule has 0 aliphatic carbocycles. The van der Waals surface area contributed by atoms with Gasteiger partial charge in [-0.1, -0.05) is 0 Å². The van der Waals surface area contributed by atoms with Gasteiger partial charge in [-0.25, -0.2) is 4.98 Å². The summed E-state index contributed by atoms with van der Waals surface area (Å²) < 4.78 is 5.30. The van der Waals surface area contributed by atoms with E-state index in [0.29, 0.717) is 6.04 Å². The van der Waals surface area contributed by atoms with Crippen molar-refractivity contribution >= 4 is 16.6 Å². The monoisotopic (exact) mass is 271 g/mol. The summed E-state index contributed by atoms with van der Waals surface area (Å²) in [6.45, 7) is 5.31. The summed E-state index contributed by atoms with van der Waals surface area (Å²) in [7, 11) is 1.70. The Labute approximate surface area is 119 Å². The molecule has 1 fully saturated rings. The Morgan fingerprint density at radius 3 is 3.00 bits per heavy atom. The Hall–Kier alpha value is -1.81. The van der Waals surface area contributed by atoms with Crippen LogP contribution >= 0.6 is 0 Å². The Bertz CT molecular complexity index is 593. The van der Waals surface area contributed by atoms with Gasteiger partial charge in [0.25, 0.3) is 0 Å². The molecular weight excluding hydrogens is 250 g/mol. The van der Waals surface area contributed by atoms with Crippen molar-refractivity contribution in [2.75, 3.05) is 31.6 Å². The summed E-state index contributed by atoms with van der Waals surface area (Å²) in [6.07, 6.45) is 3.07. The standard InChI is InChI=1S/C16H21N3O/c1-3-19(13-7-8-17-11-13)16-15-5-4-14(20-2)10-12(15)6-9-18-16/h4-6,9-10,13,17H,3,7-8,11H2,1-2H3. The highest BCUT2D eigenvalue weighted by Crippen LogP contribution is 2.29. The van der Waals surface area contributed by atoms with E-state index >= 15 is 0 Å². The molecule has 2 aromatic rings. The average Bonchev–Trinajstić information content (AvgIpc) is 3.02. The van der Waals surface area contributed by atoms with Gasteiger partial charge in [-0.2, -0.15) is 0 Å². The summed E-state index contributed by atoms with van der Waals surface area (Å²) in [5, 5.41) is 5.81. The first-order chi connectivity index (χ1) is 9.83. The lowest BCUT2D eigenvalue weighted by Crippen LogP contribution is -2.37. The van der Waals surface area contributed by atoms with E-state index in [2.05, 4.69) is 34.3 Å². The normalized spacial score (nSPS) is 18.4. The zero-order chi connectivity index (χ0) is 13.9. The van der Waals surface area contributed by atoms with Crippen molar-refractivity contribution in [3.63, 3.8) is 0 Å². The number of anilines is 1. The molecule has 1 aromatic heterocycles. The number of nitrogens with zero attached hydrogens (tertiary/aromatic N) is 2. The number of hydrogen-bond acceptors (Lipinski definition) is 4. The maximum absolute atomic E-state index is 5.30. The molecule has 20 heavy (non-hydrogen) atoms. The molecule has 0 saturated carbocycles. The summed E-state index contributed by atoms with van der Waals surface area (Å²) in [4.78, 5) is 7.05. The minimum absolute atomic E-state index is 0.542. The lowest BCUT2D eigenvalue weighted by Gasteiger charge is -2.29. The third-order valence-corrected chi connectivity index (χ3v) is 4.04. The minimum atomic E-state index is 0.542. The fraction of sp³-hybridized carbons (Fsp3) is 0.438. The van der Waals surface area contributed by atoms with Gasteiger partial charge in [0.2, 0.25) is 0 Å². The minimum Gasteiger partial charge on any atom is -0.497 e. The number of pyridine rings is 1. The van der Waals surface area contributed by atoms with Crippen LogP contribution in [0, 0.1) is 0 Å². The summed E-state index contributed by atoms with van der Waals surface area (Å²) in [5.41, 5.74) is 0. The first-order valence-corrected chi connectivity index (χ1v) is 7.23. The van der Waals surface area contributed by atoms with Crippen LogP contribution in [0.4, 0.5) is 5.82 Å². The molecule has 1 unspecified atom stereocenters. The molecule has 3 rings (SSSR count). The quantitative estimate of drug-likeness (QED) is 0.927. The molecule has 0 radical (unpaired) electrons. The van der Waals surface area contributed by atoms with Crippen LogP contribution in [-0.4, -0.2) is 37.8 Å². The highest BCUT2D eigenvalue weighted by molar-refractivity contribution is 5.93. The number of fused-ring (bicyclic) bond motifs is 1. The number of aromatic nitrogens is 1. The smallest absolute Gasteiger partial charge is 0.136 e. The van der Waals surface area contributed by atoms with Gasteiger partial charge in [0, 0.05) is 30.7 Å². The Balaban J connectivity index is 2.05. The topological polar surface area (TPSA) is 37.4 Å². The molecule has 1 aliphatic heterocycles. The van der Waals surface area contributed by atoms with Gasteiger partial charge in [0.1, 0.15) is 11.6 Å². The van der Waals surface area contributed by atoms with Crippen LogP contribution in [0.15, 0.2) is 30.5 Å². The van der Waals surface area contributed by atoms with E-state index < -0.39 is 0 Å². The number of hydrogen-bond donors (Lipinski definition) is 1. The molecule has 106 valence electrons. The first kappa shape index (κ1) is 13.2. The SMILES string of the molecule is CCN(c1nccc2cc(OC)ccc12)C1CCNC1. The van der Waals surface area contributed by atoms with E-state index in [1.165, 1.54) is 17.2 Å². The van der Waals surface area contributed by atoms with E-state index in [1.54, 1.807) is 7.11 Å². The molecule has 1 N–H and O–H groups in total. The lowest BCUT2D eigenvalue weighted by molar-refractivity contribution is 0.415. The van der Waals surface area contributed by atoms with Crippen LogP contribution in [0.3, 0.4) is 0 Å². The number of ether oxygens (including phenoxy) is 1. The molecule has 1 aromatic carbocycles. The number of methoxy groups -OCH3 is 1. The zero-order valence-corrected chi connectivity index (χ0v) is 12.1. The lowest BCUT2D eigenvalue weighted by atomic mass is 10.1. The highest BCUT2D eigenvalue weighted by atomic mass is 16.5. The fourth-order valence-electron chi connectivity index (χ4n) is 2.98. The van der Waals surface area contributed by atoms with E-state index in [-0.39, 0.29) is 0 Å². The third-order valence-electron chi connectivity index (χ3n) is 4.04. The van der Waals surface area contributed by atoms with Gasteiger partial charge in [-0.15, -0.1) is 0 Å². The Morgan fingerprint density at radius 1 is 1.40 bits per heavy atom. The highest BCUT2D eigenvalue weighted by Gasteiger charge is 2.23. The predicted molar refractivity (Wildman–Crippen MR) is 82.6 cm³/mol. The first-order valence-electron chi connectivity index (χ1n) is 7.23. The number of likely N-dealkylation sites (N-methyl/N-ethyl adjacent to an activating group) is 1. The fourth-order valence-corrected chi connectivity index (χ4v) is 2.98. The maximum atomic E-state index is 5.30. The largest absolute Gasteiger partial charge is 0.497 e. The van der Waals surface area contributed by atoms with Crippen molar-refractivity contribution < 1.29 is 4.74 Å². The van der Waals surface area contributed by atoms with Crippen LogP contribution in [0.5, 0.6) is 5.75 Å². The third kappa shape index (κ3) is 2.31. The van der Waals surface area contributed by atoms with Gasteiger partial charge < -0.3 is 15.0 Å². The van der Waals surface area contributed by atoms with Gasteiger partial charge in [0.15, 0.2) is 0 Å². The maximum Gasteiger partial charge on any atom is 0.136 e. The molecule has 4 nitrogen and oxygen atoms in total. The molecule has 0 bridgehead atoms. The number of benzene rings is 1. The average molecular weight is 271 g/mol. The molecule has 1 aliphatic rings. The van der Waals surface area contributed by atoms with Crippen molar-refractivity contribution in [2.45, 2.75) is 19.4 Å². The van der Waals surface area contributed by atoms with Gasteiger partial charge >= 0.3 is 0 Å². The molecule has 4 heteroatoms. The second kappa shape index (κ2) is 5.67. The Kier molecular flexibility index (Phi) is 3.74.